The molecule has 3 rings (SSSR count). The minimum Gasteiger partial charge on any atom is -0.497 e. The molecule has 6 nitrogen and oxygen atoms in total. The Morgan fingerprint density at radius 3 is 2.32 bits per heavy atom. The molecule has 1 amide bonds. The fraction of sp³-hybridized carbons (Fsp3) is 0.211. The molecule has 0 unspecified atom stereocenters. The first kappa shape index (κ1) is 16.7. The third-order valence-corrected chi connectivity index (χ3v) is 4.12. The molecular formula is C19H20N4O2. The number of fused-ring (bicyclic) bond motifs is 1. The molecule has 2 aromatic carbocycles. The van der Waals surface area contributed by atoms with Gasteiger partial charge in [-0.2, -0.15) is 4.98 Å². The lowest BCUT2D eigenvalue weighted by atomic mass is 10.2. The number of aromatic nitrogens is 2. The van der Waals surface area contributed by atoms with Gasteiger partial charge in [0.15, 0.2) is 0 Å². The van der Waals surface area contributed by atoms with E-state index in [9.17, 15) is 4.79 Å². The number of carbonyl (C=O) groups excluding carboxylic acids is 1. The molecule has 3 aromatic rings. The molecule has 25 heavy (non-hydrogen) atoms. The topological polar surface area (TPSA) is 58.6 Å². The van der Waals surface area contributed by atoms with E-state index in [-0.39, 0.29) is 5.91 Å². The van der Waals surface area contributed by atoms with E-state index in [1.807, 2.05) is 60.5 Å². The first-order valence-electron chi connectivity index (χ1n) is 7.90. The Balaban J connectivity index is 2.13. The second-order valence-electron chi connectivity index (χ2n) is 5.70. The zero-order chi connectivity index (χ0) is 18.0. The van der Waals surface area contributed by atoms with Gasteiger partial charge >= 0.3 is 0 Å². The number of hydrogen-bond donors (Lipinski definition) is 0. The summed E-state index contributed by atoms with van der Waals surface area (Å²) >= 11 is 0. The SMILES string of the molecule is COc1ccc(N(C)c2nc(N(C)C(C)=O)nc3ccccc23)cc1. The Bertz CT molecular complexity index is 909. The van der Waals surface area contributed by atoms with Crippen LogP contribution in [0.3, 0.4) is 0 Å². The van der Waals surface area contributed by atoms with E-state index in [2.05, 4.69) is 9.97 Å². The van der Waals surface area contributed by atoms with Gasteiger partial charge < -0.3 is 9.64 Å². The van der Waals surface area contributed by atoms with Gasteiger partial charge in [-0.3, -0.25) is 9.69 Å². The van der Waals surface area contributed by atoms with Crippen molar-refractivity contribution in [2.75, 3.05) is 31.0 Å². The van der Waals surface area contributed by atoms with Gasteiger partial charge in [-0.05, 0) is 36.4 Å². The number of rotatable bonds is 4. The van der Waals surface area contributed by atoms with Gasteiger partial charge in [-0.1, -0.05) is 12.1 Å². The average molecular weight is 336 g/mol. The van der Waals surface area contributed by atoms with Gasteiger partial charge in [0.25, 0.3) is 0 Å². The van der Waals surface area contributed by atoms with E-state index < -0.39 is 0 Å². The van der Waals surface area contributed by atoms with Crippen molar-refractivity contribution >= 4 is 34.3 Å². The van der Waals surface area contributed by atoms with Crippen molar-refractivity contribution in [2.45, 2.75) is 6.92 Å². The van der Waals surface area contributed by atoms with Crippen molar-refractivity contribution in [2.24, 2.45) is 0 Å². The normalized spacial score (nSPS) is 10.6. The van der Waals surface area contributed by atoms with Gasteiger partial charge in [0.2, 0.25) is 11.9 Å². The molecule has 0 spiro atoms. The van der Waals surface area contributed by atoms with Crippen LogP contribution in [0.2, 0.25) is 0 Å². The highest BCUT2D eigenvalue weighted by atomic mass is 16.5. The van der Waals surface area contributed by atoms with E-state index in [1.165, 1.54) is 11.8 Å². The lowest BCUT2D eigenvalue weighted by Crippen LogP contribution is -2.26. The third kappa shape index (κ3) is 3.24. The minimum atomic E-state index is -0.117. The van der Waals surface area contributed by atoms with Gasteiger partial charge in [-0.15, -0.1) is 0 Å². The van der Waals surface area contributed by atoms with Gasteiger partial charge in [-0.25, -0.2) is 4.98 Å². The number of carbonyl (C=O) groups is 1. The van der Waals surface area contributed by atoms with Crippen LogP contribution >= 0.6 is 0 Å². The molecule has 0 aliphatic heterocycles. The number of methoxy groups -OCH3 is 1. The summed E-state index contributed by atoms with van der Waals surface area (Å²) in [4.78, 5) is 24.3. The molecule has 0 aliphatic rings. The Hall–Kier alpha value is -3.15. The Kier molecular flexibility index (Phi) is 4.52. The number of para-hydroxylation sites is 1. The van der Waals surface area contributed by atoms with E-state index in [4.69, 9.17) is 4.74 Å². The van der Waals surface area contributed by atoms with E-state index in [1.54, 1.807) is 14.2 Å². The molecule has 0 aliphatic carbocycles. The van der Waals surface area contributed by atoms with Crippen LogP contribution < -0.4 is 14.5 Å². The highest BCUT2D eigenvalue weighted by molar-refractivity contribution is 5.95. The maximum absolute atomic E-state index is 11.7. The zero-order valence-electron chi connectivity index (χ0n) is 14.7. The van der Waals surface area contributed by atoms with Crippen LogP contribution in [0.1, 0.15) is 6.92 Å². The number of ether oxygens (including phenoxy) is 1. The van der Waals surface area contributed by atoms with Crippen molar-refractivity contribution in [3.8, 4) is 5.75 Å². The Morgan fingerprint density at radius 1 is 1.00 bits per heavy atom. The largest absolute Gasteiger partial charge is 0.497 e. The van der Waals surface area contributed by atoms with Crippen LogP contribution in [-0.4, -0.2) is 37.1 Å². The predicted molar refractivity (Wildman–Crippen MR) is 99.7 cm³/mol. The summed E-state index contributed by atoms with van der Waals surface area (Å²) in [7, 11) is 5.25. The van der Waals surface area contributed by atoms with Crippen LogP contribution in [0.15, 0.2) is 48.5 Å². The second-order valence-corrected chi connectivity index (χ2v) is 5.70. The first-order chi connectivity index (χ1) is 12.0. The van der Waals surface area contributed by atoms with Crippen molar-refractivity contribution in [3.05, 3.63) is 48.5 Å². The lowest BCUT2D eigenvalue weighted by Gasteiger charge is -2.22. The molecule has 6 heteroatoms. The van der Waals surface area contributed by atoms with E-state index >= 15 is 0 Å². The molecule has 1 aromatic heterocycles. The monoisotopic (exact) mass is 336 g/mol. The zero-order valence-corrected chi connectivity index (χ0v) is 14.7. The molecule has 0 fully saturated rings. The maximum atomic E-state index is 11.7. The molecule has 0 N–H and O–H groups in total. The van der Waals surface area contributed by atoms with E-state index in [0.29, 0.717) is 5.95 Å². The fourth-order valence-electron chi connectivity index (χ4n) is 2.52. The Labute approximate surface area is 146 Å². The summed E-state index contributed by atoms with van der Waals surface area (Å²) in [6.07, 6.45) is 0. The Morgan fingerprint density at radius 2 is 1.68 bits per heavy atom. The smallest absolute Gasteiger partial charge is 0.234 e. The third-order valence-electron chi connectivity index (χ3n) is 4.12. The fourth-order valence-corrected chi connectivity index (χ4v) is 2.52. The summed E-state index contributed by atoms with van der Waals surface area (Å²) in [5.41, 5.74) is 1.75. The number of nitrogens with zero attached hydrogens (tertiary/aromatic N) is 4. The first-order valence-corrected chi connectivity index (χ1v) is 7.90. The van der Waals surface area contributed by atoms with Crippen molar-refractivity contribution in [3.63, 3.8) is 0 Å². The standard InChI is InChI=1S/C19H20N4O2/c1-13(24)22(2)19-20-17-8-6-5-7-16(17)18(21-19)23(3)14-9-11-15(25-4)12-10-14/h5-12H,1-4H3. The predicted octanol–water partition coefficient (Wildman–Crippen LogP) is 3.39. The molecule has 0 atom stereocenters. The van der Waals surface area contributed by atoms with Gasteiger partial charge in [0.1, 0.15) is 11.6 Å². The molecule has 0 radical (unpaired) electrons. The number of benzene rings is 2. The number of amides is 1. The molecular weight excluding hydrogens is 316 g/mol. The maximum Gasteiger partial charge on any atom is 0.234 e. The molecule has 0 saturated carbocycles. The van der Waals surface area contributed by atoms with Crippen molar-refractivity contribution in [1.82, 2.24) is 9.97 Å². The van der Waals surface area contributed by atoms with Crippen molar-refractivity contribution < 1.29 is 9.53 Å². The number of anilines is 3. The second kappa shape index (κ2) is 6.76. The van der Waals surface area contributed by atoms with Crippen LogP contribution in [0, 0.1) is 0 Å². The number of hydrogen-bond acceptors (Lipinski definition) is 5. The lowest BCUT2D eigenvalue weighted by molar-refractivity contribution is -0.116. The molecule has 1 heterocycles. The van der Waals surface area contributed by atoms with Crippen LogP contribution in [0.5, 0.6) is 5.75 Å². The quantitative estimate of drug-likeness (QED) is 0.731. The van der Waals surface area contributed by atoms with Crippen LogP contribution in [0.4, 0.5) is 17.5 Å². The van der Waals surface area contributed by atoms with Crippen LogP contribution in [-0.2, 0) is 4.79 Å². The summed E-state index contributed by atoms with van der Waals surface area (Å²) in [5, 5.41) is 0.918. The summed E-state index contributed by atoms with van der Waals surface area (Å²) in [6, 6.07) is 15.5. The summed E-state index contributed by atoms with van der Waals surface area (Å²) in [6.45, 7) is 1.49. The highest BCUT2D eigenvalue weighted by Gasteiger charge is 2.16. The highest BCUT2D eigenvalue weighted by Crippen LogP contribution is 2.31. The average Bonchev–Trinajstić information content (AvgIpc) is 2.65. The van der Waals surface area contributed by atoms with Gasteiger partial charge in [0.05, 0.1) is 12.6 Å². The minimum absolute atomic E-state index is 0.117. The van der Waals surface area contributed by atoms with Crippen LogP contribution in [0.25, 0.3) is 10.9 Å². The summed E-state index contributed by atoms with van der Waals surface area (Å²) in [5.74, 6) is 1.79. The molecule has 0 saturated heterocycles. The summed E-state index contributed by atoms with van der Waals surface area (Å²) < 4.78 is 5.21. The molecule has 128 valence electrons. The van der Waals surface area contributed by atoms with Crippen molar-refractivity contribution in [1.29, 1.82) is 0 Å². The molecule has 0 bridgehead atoms. The van der Waals surface area contributed by atoms with E-state index in [0.717, 1.165) is 28.2 Å². The van der Waals surface area contributed by atoms with Gasteiger partial charge in [0, 0.05) is 32.1 Å².